The van der Waals surface area contributed by atoms with Crippen molar-refractivity contribution in [2.75, 3.05) is 39.9 Å². The third-order valence-corrected chi connectivity index (χ3v) is 4.27. The van der Waals surface area contributed by atoms with Crippen LogP contribution in [0.5, 0.6) is 0 Å². The van der Waals surface area contributed by atoms with Crippen LogP contribution in [-0.4, -0.2) is 61.5 Å². The standard InChI is InChI=1S/C18H20N2O5/c1-24-10-9-19-7-4-8-20(12-16(19)21)17(22)15-11-13-5-2-3-6-14(13)18(23)25-15/h2-3,5-6,11H,4,7-10,12H2,1H3. The lowest BCUT2D eigenvalue weighted by atomic mass is 10.1. The van der Waals surface area contributed by atoms with Crippen LogP contribution in [0, 0.1) is 0 Å². The van der Waals surface area contributed by atoms with Crippen LogP contribution in [0.3, 0.4) is 0 Å². The maximum Gasteiger partial charge on any atom is 0.344 e. The van der Waals surface area contributed by atoms with Crippen molar-refractivity contribution in [1.29, 1.82) is 0 Å². The second-order valence-electron chi connectivity index (χ2n) is 5.94. The minimum atomic E-state index is -0.552. The lowest BCUT2D eigenvalue weighted by Crippen LogP contribution is -2.40. The second-order valence-corrected chi connectivity index (χ2v) is 5.94. The van der Waals surface area contributed by atoms with Crippen molar-refractivity contribution < 1.29 is 18.7 Å². The van der Waals surface area contributed by atoms with E-state index in [1.807, 2.05) is 0 Å². The number of methoxy groups -OCH3 is 1. The number of rotatable bonds is 4. The topological polar surface area (TPSA) is 80.1 Å². The Morgan fingerprint density at radius 3 is 2.84 bits per heavy atom. The van der Waals surface area contributed by atoms with Gasteiger partial charge in [-0.2, -0.15) is 0 Å². The van der Waals surface area contributed by atoms with Gasteiger partial charge in [0, 0.05) is 26.7 Å². The van der Waals surface area contributed by atoms with E-state index in [1.165, 1.54) is 4.90 Å². The minimum absolute atomic E-state index is 0.0287. The molecule has 7 nitrogen and oxygen atoms in total. The Morgan fingerprint density at radius 2 is 2.04 bits per heavy atom. The summed E-state index contributed by atoms with van der Waals surface area (Å²) in [4.78, 5) is 40.2. The molecule has 0 spiro atoms. The molecule has 2 amide bonds. The first-order valence-corrected chi connectivity index (χ1v) is 8.19. The smallest absolute Gasteiger partial charge is 0.344 e. The molecule has 0 unspecified atom stereocenters. The zero-order valence-corrected chi connectivity index (χ0v) is 14.1. The van der Waals surface area contributed by atoms with Gasteiger partial charge in [0.15, 0.2) is 5.76 Å². The Labute approximate surface area is 144 Å². The predicted octanol–water partition coefficient (Wildman–Crippen LogP) is 1.11. The van der Waals surface area contributed by atoms with Gasteiger partial charge in [0.05, 0.1) is 12.0 Å². The lowest BCUT2D eigenvalue weighted by Gasteiger charge is -2.21. The van der Waals surface area contributed by atoms with Crippen molar-refractivity contribution in [3.05, 3.63) is 46.5 Å². The third-order valence-electron chi connectivity index (χ3n) is 4.27. The van der Waals surface area contributed by atoms with Crippen LogP contribution in [-0.2, 0) is 9.53 Å². The normalized spacial score (nSPS) is 15.5. The van der Waals surface area contributed by atoms with E-state index in [4.69, 9.17) is 9.15 Å². The quantitative estimate of drug-likeness (QED) is 0.830. The van der Waals surface area contributed by atoms with Crippen LogP contribution >= 0.6 is 0 Å². The highest BCUT2D eigenvalue weighted by atomic mass is 16.5. The van der Waals surface area contributed by atoms with Gasteiger partial charge in [0.1, 0.15) is 6.54 Å². The van der Waals surface area contributed by atoms with E-state index in [0.29, 0.717) is 43.4 Å². The van der Waals surface area contributed by atoms with Crippen LogP contribution in [0.1, 0.15) is 17.0 Å². The summed E-state index contributed by atoms with van der Waals surface area (Å²) >= 11 is 0. The summed E-state index contributed by atoms with van der Waals surface area (Å²) in [6, 6.07) is 8.49. The van der Waals surface area contributed by atoms with Gasteiger partial charge >= 0.3 is 5.63 Å². The highest BCUT2D eigenvalue weighted by Crippen LogP contribution is 2.15. The van der Waals surface area contributed by atoms with Gasteiger partial charge in [-0.25, -0.2) is 4.79 Å². The Kier molecular flexibility index (Phi) is 5.14. The molecule has 2 aromatic rings. The highest BCUT2D eigenvalue weighted by Gasteiger charge is 2.27. The fourth-order valence-electron chi connectivity index (χ4n) is 2.93. The van der Waals surface area contributed by atoms with Crippen molar-refractivity contribution in [2.24, 2.45) is 0 Å². The maximum atomic E-state index is 12.7. The van der Waals surface area contributed by atoms with Gasteiger partial charge in [0.25, 0.3) is 5.91 Å². The van der Waals surface area contributed by atoms with Crippen molar-refractivity contribution >= 4 is 22.6 Å². The summed E-state index contributed by atoms with van der Waals surface area (Å²) in [7, 11) is 1.58. The van der Waals surface area contributed by atoms with E-state index in [0.717, 1.165) is 0 Å². The van der Waals surface area contributed by atoms with Gasteiger partial charge < -0.3 is 19.0 Å². The molecule has 3 rings (SSSR count). The molecule has 0 bridgehead atoms. The summed E-state index contributed by atoms with van der Waals surface area (Å²) in [5, 5.41) is 1.07. The van der Waals surface area contributed by atoms with Crippen molar-refractivity contribution in [3.63, 3.8) is 0 Å². The van der Waals surface area contributed by atoms with Crippen LogP contribution in [0.4, 0.5) is 0 Å². The average molecular weight is 344 g/mol. The molecule has 2 heterocycles. The fourth-order valence-corrected chi connectivity index (χ4v) is 2.93. The molecular weight excluding hydrogens is 324 g/mol. The van der Waals surface area contributed by atoms with E-state index in [2.05, 4.69) is 0 Å². The molecule has 1 aromatic heterocycles. The molecular formula is C18H20N2O5. The van der Waals surface area contributed by atoms with Crippen LogP contribution in [0.15, 0.2) is 39.5 Å². The molecule has 0 atom stereocenters. The molecule has 25 heavy (non-hydrogen) atoms. The number of ether oxygens (including phenoxy) is 1. The van der Waals surface area contributed by atoms with Crippen molar-refractivity contribution in [3.8, 4) is 0 Å². The van der Waals surface area contributed by atoms with Gasteiger partial charge in [-0.15, -0.1) is 0 Å². The molecule has 0 N–H and O–H groups in total. The molecule has 132 valence electrons. The Balaban J connectivity index is 1.81. The zero-order valence-electron chi connectivity index (χ0n) is 14.1. The highest BCUT2D eigenvalue weighted by molar-refractivity contribution is 5.97. The molecule has 0 radical (unpaired) electrons. The molecule has 0 aliphatic carbocycles. The number of carbonyl (C=O) groups excluding carboxylic acids is 2. The Hall–Kier alpha value is -2.67. The van der Waals surface area contributed by atoms with E-state index in [-0.39, 0.29) is 18.2 Å². The van der Waals surface area contributed by atoms with Gasteiger partial charge in [-0.1, -0.05) is 18.2 Å². The first-order chi connectivity index (χ1) is 12.1. The Morgan fingerprint density at radius 1 is 1.24 bits per heavy atom. The summed E-state index contributed by atoms with van der Waals surface area (Å²) < 4.78 is 10.2. The molecule has 1 aliphatic rings. The second kappa shape index (κ2) is 7.48. The number of hydrogen-bond donors (Lipinski definition) is 0. The number of benzene rings is 1. The van der Waals surface area contributed by atoms with Crippen LogP contribution in [0.25, 0.3) is 10.8 Å². The summed E-state index contributed by atoms with van der Waals surface area (Å²) in [5.41, 5.74) is -0.552. The molecule has 1 aromatic carbocycles. The third kappa shape index (κ3) is 3.71. The Bertz CT molecular complexity index is 845. The number of carbonyl (C=O) groups is 2. The van der Waals surface area contributed by atoms with Gasteiger partial charge in [-0.05, 0) is 23.9 Å². The fraction of sp³-hybridized carbons (Fsp3) is 0.389. The number of nitrogens with zero attached hydrogens (tertiary/aromatic N) is 2. The number of amides is 2. The summed E-state index contributed by atoms with van der Waals surface area (Å²) in [6.45, 7) is 1.94. The zero-order chi connectivity index (χ0) is 17.8. The van der Waals surface area contributed by atoms with E-state index >= 15 is 0 Å². The monoisotopic (exact) mass is 344 g/mol. The van der Waals surface area contributed by atoms with Crippen molar-refractivity contribution in [2.45, 2.75) is 6.42 Å². The SMILES string of the molecule is COCCN1CCCN(C(=O)c2cc3ccccc3c(=O)o2)CC1=O. The van der Waals surface area contributed by atoms with Crippen molar-refractivity contribution in [1.82, 2.24) is 9.80 Å². The predicted molar refractivity (Wildman–Crippen MR) is 91.5 cm³/mol. The number of hydrogen-bond acceptors (Lipinski definition) is 5. The molecule has 0 saturated carbocycles. The number of fused-ring (bicyclic) bond motifs is 1. The minimum Gasteiger partial charge on any atom is -0.417 e. The first-order valence-electron chi connectivity index (χ1n) is 8.19. The molecule has 1 aliphatic heterocycles. The van der Waals surface area contributed by atoms with Crippen LogP contribution in [0.2, 0.25) is 0 Å². The largest absolute Gasteiger partial charge is 0.417 e. The summed E-state index contributed by atoms with van der Waals surface area (Å²) in [6.07, 6.45) is 0.666. The molecule has 1 fully saturated rings. The first kappa shape index (κ1) is 17.2. The van der Waals surface area contributed by atoms with E-state index in [1.54, 1.807) is 42.3 Å². The lowest BCUT2D eigenvalue weighted by molar-refractivity contribution is -0.131. The van der Waals surface area contributed by atoms with E-state index < -0.39 is 11.5 Å². The molecule has 1 saturated heterocycles. The maximum absolute atomic E-state index is 12.7. The van der Waals surface area contributed by atoms with E-state index in [9.17, 15) is 14.4 Å². The van der Waals surface area contributed by atoms with Gasteiger partial charge in [-0.3, -0.25) is 9.59 Å². The van der Waals surface area contributed by atoms with Crippen LogP contribution < -0.4 is 5.63 Å². The summed E-state index contributed by atoms with van der Waals surface area (Å²) in [5.74, 6) is -0.613. The average Bonchev–Trinajstić information content (AvgIpc) is 2.80. The van der Waals surface area contributed by atoms with Gasteiger partial charge in [0.2, 0.25) is 5.91 Å². The molecule has 7 heteroatoms.